The molecule has 4 heteroatoms. The van der Waals surface area contributed by atoms with Crippen molar-refractivity contribution in [2.75, 3.05) is 6.54 Å². The second kappa shape index (κ2) is 5.90. The molecule has 0 atom stereocenters. The molecule has 15 heavy (non-hydrogen) atoms. The summed E-state index contributed by atoms with van der Waals surface area (Å²) < 4.78 is 0. The van der Waals surface area contributed by atoms with Crippen LogP contribution in [0.5, 0.6) is 5.75 Å². The van der Waals surface area contributed by atoms with E-state index < -0.39 is 0 Å². The SMILES string of the molecule is CCCNC(=O)NCc1ccccc1O. The molecule has 0 aliphatic carbocycles. The maximum atomic E-state index is 11.2. The summed E-state index contributed by atoms with van der Waals surface area (Å²) in [6, 6.07) is 6.73. The first-order chi connectivity index (χ1) is 7.24. The van der Waals surface area contributed by atoms with Gasteiger partial charge in [-0.2, -0.15) is 0 Å². The minimum Gasteiger partial charge on any atom is -0.508 e. The molecule has 3 N–H and O–H groups in total. The lowest BCUT2D eigenvalue weighted by atomic mass is 10.2. The molecule has 0 saturated carbocycles. The molecule has 4 nitrogen and oxygen atoms in total. The standard InChI is InChI=1S/C11H16N2O2/c1-2-7-12-11(15)13-8-9-5-3-4-6-10(9)14/h3-6,14H,2,7-8H2,1H3,(H2,12,13,15). The number of rotatable bonds is 4. The number of aromatic hydroxyl groups is 1. The van der Waals surface area contributed by atoms with Gasteiger partial charge in [0.1, 0.15) is 5.75 Å². The van der Waals surface area contributed by atoms with E-state index in [2.05, 4.69) is 10.6 Å². The maximum Gasteiger partial charge on any atom is 0.315 e. The molecule has 0 aromatic heterocycles. The van der Waals surface area contributed by atoms with Crippen molar-refractivity contribution >= 4 is 6.03 Å². The van der Waals surface area contributed by atoms with E-state index in [0.717, 1.165) is 6.42 Å². The monoisotopic (exact) mass is 208 g/mol. The number of phenols is 1. The van der Waals surface area contributed by atoms with Crippen LogP contribution in [-0.4, -0.2) is 17.7 Å². The van der Waals surface area contributed by atoms with Gasteiger partial charge in [-0.05, 0) is 12.5 Å². The minimum atomic E-state index is -0.208. The Morgan fingerprint density at radius 1 is 1.33 bits per heavy atom. The zero-order valence-corrected chi connectivity index (χ0v) is 8.79. The fraction of sp³-hybridized carbons (Fsp3) is 0.364. The molecule has 82 valence electrons. The van der Waals surface area contributed by atoms with E-state index in [1.807, 2.05) is 13.0 Å². The van der Waals surface area contributed by atoms with Gasteiger partial charge in [0.2, 0.25) is 0 Å². The van der Waals surface area contributed by atoms with Crippen LogP contribution in [-0.2, 0) is 6.54 Å². The third kappa shape index (κ3) is 3.89. The molecular weight excluding hydrogens is 192 g/mol. The average Bonchev–Trinajstić information content (AvgIpc) is 2.25. The Morgan fingerprint density at radius 3 is 2.73 bits per heavy atom. The van der Waals surface area contributed by atoms with Gasteiger partial charge < -0.3 is 15.7 Å². The largest absolute Gasteiger partial charge is 0.508 e. The van der Waals surface area contributed by atoms with Gasteiger partial charge in [0.05, 0.1) is 0 Å². The highest BCUT2D eigenvalue weighted by Crippen LogP contribution is 2.14. The summed E-state index contributed by atoms with van der Waals surface area (Å²) in [7, 11) is 0. The molecule has 0 aliphatic rings. The number of carbonyl (C=O) groups excluding carboxylic acids is 1. The molecule has 0 spiro atoms. The molecule has 2 amide bonds. The van der Waals surface area contributed by atoms with Crippen LogP contribution in [0.2, 0.25) is 0 Å². The molecule has 1 aromatic carbocycles. The molecule has 0 bridgehead atoms. The fourth-order valence-corrected chi connectivity index (χ4v) is 1.14. The number of hydrogen-bond donors (Lipinski definition) is 3. The Bertz CT molecular complexity index is 326. The van der Waals surface area contributed by atoms with E-state index in [-0.39, 0.29) is 11.8 Å². The summed E-state index contributed by atoms with van der Waals surface area (Å²) in [6.45, 7) is 2.98. The van der Waals surface area contributed by atoms with E-state index in [1.54, 1.807) is 18.2 Å². The van der Waals surface area contributed by atoms with Crippen molar-refractivity contribution in [1.29, 1.82) is 0 Å². The second-order valence-electron chi connectivity index (χ2n) is 3.24. The zero-order valence-electron chi connectivity index (χ0n) is 8.79. The van der Waals surface area contributed by atoms with Crippen LogP contribution in [0.1, 0.15) is 18.9 Å². The van der Waals surface area contributed by atoms with Gasteiger partial charge in [-0.1, -0.05) is 25.1 Å². The van der Waals surface area contributed by atoms with E-state index in [0.29, 0.717) is 18.7 Å². The van der Waals surface area contributed by atoms with Crippen LogP contribution in [0.15, 0.2) is 24.3 Å². The molecular formula is C11H16N2O2. The molecule has 1 aromatic rings. The molecule has 0 fully saturated rings. The van der Waals surface area contributed by atoms with Crippen molar-refractivity contribution in [3.05, 3.63) is 29.8 Å². The second-order valence-corrected chi connectivity index (χ2v) is 3.24. The maximum absolute atomic E-state index is 11.2. The third-order valence-electron chi connectivity index (χ3n) is 1.97. The van der Waals surface area contributed by atoms with Crippen LogP contribution in [0.25, 0.3) is 0 Å². The van der Waals surface area contributed by atoms with Gasteiger partial charge in [-0.15, -0.1) is 0 Å². The van der Waals surface area contributed by atoms with Crippen molar-refractivity contribution in [2.24, 2.45) is 0 Å². The summed E-state index contributed by atoms with van der Waals surface area (Å²) in [5.74, 6) is 0.202. The lowest BCUT2D eigenvalue weighted by Crippen LogP contribution is -2.35. The normalized spacial score (nSPS) is 9.67. The summed E-state index contributed by atoms with van der Waals surface area (Å²) in [5.41, 5.74) is 0.712. The summed E-state index contributed by atoms with van der Waals surface area (Å²) >= 11 is 0. The van der Waals surface area contributed by atoms with Crippen LogP contribution in [0, 0.1) is 0 Å². The molecule has 0 radical (unpaired) electrons. The van der Waals surface area contributed by atoms with Crippen molar-refractivity contribution in [3.63, 3.8) is 0 Å². The first kappa shape index (κ1) is 11.4. The first-order valence-electron chi connectivity index (χ1n) is 5.02. The number of urea groups is 1. The lowest BCUT2D eigenvalue weighted by molar-refractivity contribution is 0.240. The van der Waals surface area contributed by atoms with E-state index >= 15 is 0 Å². The molecule has 0 unspecified atom stereocenters. The van der Waals surface area contributed by atoms with Gasteiger partial charge in [-0.3, -0.25) is 0 Å². The number of nitrogens with one attached hydrogen (secondary N) is 2. The number of carbonyl (C=O) groups is 1. The highest BCUT2D eigenvalue weighted by molar-refractivity contribution is 5.73. The Balaban J connectivity index is 2.37. The molecule has 1 rings (SSSR count). The van der Waals surface area contributed by atoms with Gasteiger partial charge in [0.25, 0.3) is 0 Å². The number of hydrogen-bond acceptors (Lipinski definition) is 2. The number of para-hydroxylation sites is 1. The van der Waals surface area contributed by atoms with Crippen molar-refractivity contribution < 1.29 is 9.90 Å². The molecule has 0 saturated heterocycles. The van der Waals surface area contributed by atoms with Gasteiger partial charge in [0, 0.05) is 18.7 Å². The summed E-state index contributed by atoms with van der Waals surface area (Å²) in [4.78, 5) is 11.2. The Labute approximate surface area is 89.3 Å². The summed E-state index contributed by atoms with van der Waals surface area (Å²) in [6.07, 6.45) is 0.907. The minimum absolute atomic E-state index is 0.202. The van der Waals surface area contributed by atoms with Crippen LogP contribution >= 0.6 is 0 Å². The highest BCUT2D eigenvalue weighted by Gasteiger charge is 2.01. The van der Waals surface area contributed by atoms with Crippen LogP contribution < -0.4 is 10.6 Å². The first-order valence-corrected chi connectivity index (χ1v) is 5.02. The summed E-state index contributed by atoms with van der Waals surface area (Å²) in [5, 5.41) is 14.8. The average molecular weight is 208 g/mol. The quantitative estimate of drug-likeness (QED) is 0.703. The van der Waals surface area contributed by atoms with Crippen LogP contribution in [0.4, 0.5) is 4.79 Å². The molecule has 0 aliphatic heterocycles. The van der Waals surface area contributed by atoms with E-state index in [4.69, 9.17) is 0 Å². The Hall–Kier alpha value is -1.71. The van der Waals surface area contributed by atoms with E-state index in [1.165, 1.54) is 0 Å². The predicted molar refractivity (Wildman–Crippen MR) is 58.6 cm³/mol. The number of amides is 2. The van der Waals surface area contributed by atoms with Gasteiger partial charge in [0.15, 0.2) is 0 Å². The van der Waals surface area contributed by atoms with Crippen molar-refractivity contribution in [1.82, 2.24) is 10.6 Å². The van der Waals surface area contributed by atoms with Crippen molar-refractivity contribution in [2.45, 2.75) is 19.9 Å². The van der Waals surface area contributed by atoms with Crippen LogP contribution in [0.3, 0.4) is 0 Å². The Morgan fingerprint density at radius 2 is 2.07 bits per heavy atom. The third-order valence-corrected chi connectivity index (χ3v) is 1.97. The zero-order chi connectivity index (χ0) is 11.1. The smallest absolute Gasteiger partial charge is 0.315 e. The van der Waals surface area contributed by atoms with Gasteiger partial charge in [-0.25, -0.2) is 4.79 Å². The van der Waals surface area contributed by atoms with Gasteiger partial charge >= 0.3 is 6.03 Å². The number of benzene rings is 1. The fourth-order valence-electron chi connectivity index (χ4n) is 1.14. The Kier molecular flexibility index (Phi) is 4.47. The lowest BCUT2D eigenvalue weighted by Gasteiger charge is -2.07. The highest BCUT2D eigenvalue weighted by atomic mass is 16.3. The molecule has 0 heterocycles. The topological polar surface area (TPSA) is 61.4 Å². The predicted octanol–water partition coefficient (Wildman–Crippen LogP) is 1.60. The van der Waals surface area contributed by atoms with Crippen molar-refractivity contribution in [3.8, 4) is 5.75 Å². The van der Waals surface area contributed by atoms with E-state index in [9.17, 15) is 9.90 Å². The number of phenolic OH excluding ortho intramolecular Hbond substituents is 1.